The highest BCUT2D eigenvalue weighted by molar-refractivity contribution is 6.53. The minimum atomic E-state index is -0.839. The second kappa shape index (κ2) is 5.78. The fourth-order valence-corrected chi connectivity index (χ4v) is 5.37. The summed E-state index contributed by atoms with van der Waals surface area (Å²) < 4.78 is 5.94. The Kier molecular flexibility index (Phi) is 4.99. The summed E-state index contributed by atoms with van der Waals surface area (Å²) in [4.78, 5) is 2.30. The molecule has 1 aliphatic heterocycles. The Morgan fingerprint density at radius 3 is 2.62 bits per heavy atom. The smallest absolute Gasteiger partial charge is 0.181 e. The second-order valence-electron chi connectivity index (χ2n) is 4.34. The van der Waals surface area contributed by atoms with Crippen molar-refractivity contribution in [1.82, 2.24) is 4.90 Å². The summed E-state index contributed by atoms with van der Waals surface area (Å²) in [6.45, 7) is 4.58. The Morgan fingerprint density at radius 2 is 2.15 bits per heavy atom. The molecule has 0 saturated carbocycles. The van der Waals surface area contributed by atoms with Gasteiger partial charge in [0.2, 0.25) is 0 Å². The van der Waals surface area contributed by atoms with E-state index in [9.17, 15) is 0 Å². The van der Waals surface area contributed by atoms with Gasteiger partial charge < -0.3 is 9.33 Å². The van der Waals surface area contributed by atoms with Crippen LogP contribution in [-0.4, -0.2) is 41.2 Å². The zero-order valence-electron chi connectivity index (χ0n) is 9.25. The maximum atomic E-state index is 5.94. The van der Waals surface area contributed by atoms with Crippen molar-refractivity contribution in [2.24, 2.45) is 0 Å². The van der Waals surface area contributed by atoms with Crippen LogP contribution in [0.25, 0.3) is 0 Å². The molecule has 0 aromatic carbocycles. The van der Waals surface area contributed by atoms with Gasteiger partial charge in [-0.3, -0.25) is 0 Å². The third-order valence-corrected chi connectivity index (χ3v) is 6.24. The Labute approximate surface area is 84.0 Å². The first-order chi connectivity index (χ1) is 6.24. The molecule has 0 aromatic rings. The Balaban J connectivity index is 2.34. The maximum Gasteiger partial charge on any atom is 0.181 e. The average molecular weight is 201 g/mol. The maximum absolute atomic E-state index is 5.94. The molecule has 0 N–H and O–H groups in total. The molecule has 1 rings (SSSR count). The first-order valence-corrected chi connectivity index (χ1v) is 7.45. The summed E-state index contributed by atoms with van der Waals surface area (Å²) in [7, 11) is 3.49. The van der Waals surface area contributed by atoms with Gasteiger partial charge in [0.1, 0.15) is 0 Å². The third kappa shape index (κ3) is 3.79. The molecule has 0 bridgehead atoms. The molecule has 0 amide bonds. The van der Waals surface area contributed by atoms with Gasteiger partial charge in [0, 0.05) is 6.61 Å². The van der Waals surface area contributed by atoms with Gasteiger partial charge in [-0.2, -0.15) is 0 Å². The van der Waals surface area contributed by atoms with E-state index in [1.54, 1.807) is 0 Å². The third-order valence-electron chi connectivity index (χ3n) is 2.86. The van der Waals surface area contributed by atoms with Crippen LogP contribution in [0.5, 0.6) is 0 Å². The standard InChI is InChI=1S/C10H23NOSi/c1-4-10(9-11(2)3)13-8-6-5-7-12-13/h10,13H,4-9H2,1-3H3. The lowest BCUT2D eigenvalue weighted by Crippen LogP contribution is -2.34. The molecule has 13 heavy (non-hydrogen) atoms. The van der Waals surface area contributed by atoms with Crippen LogP contribution in [0.2, 0.25) is 11.6 Å². The normalized spacial score (nSPS) is 26.3. The number of rotatable bonds is 4. The highest BCUT2D eigenvalue weighted by atomic mass is 28.3. The Bertz CT molecular complexity index is 135. The van der Waals surface area contributed by atoms with Crippen LogP contribution >= 0.6 is 0 Å². The van der Waals surface area contributed by atoms with E-state index in [2.05, 4.69) is 25.9 Å². The van der Waals surface area contributed by atoms with Crippen LogP contribution in [0.1, 0.15) is 26.2 Å². The largest absolute Gasteiger partial charge is 0.420 e. The zero-order chi connectivity index (χ0) is 9.68. The average Bonchev–Trinajstić information content (AvgIpc) is 2.15. The molecule has 3 heteroatoms. The van der Waals surface area contributed by atoms with Gasteiger partial charge in [-0.25, -0.2) is 0 Å². The predicted molar refractivity (Wildman–Crippen MR) is 59.7 cm³/mol. The van der Waals surface area contributed by atoms with Crippen molar-refractivity contribution in [1.29, 1.82) is 0 Å². The lowest BCUT2D eigenvalue weighted by molar-refractivity contribution is 0.268. The quantitative estimate of drug-likeness (QED) is 0.644. The van der Waals surface area contributed by atoms with Gasteiger partial charge in [0.25, 0.3) is 0 Å². The van der Waals surface area contributed by atoms with Crippen LogP contribution < -0.4 is 0 Å². The van der Waals surface area contributed by atoms with Gasteiger partial charge >= 0.3 is 0 Å². The molecular formula is C10H23NOSi. The summed E-state index contributed by atoms with van der Waals surface area (Å²) in [6.07, 6.45) is 4.01. The summed E-state index contributed by atoms with van der Waals surface area (Å²) >= 11 is 0. The summed E-state index contributed by atoms with van der Waals surface area (Å²) in [6, 6.07) is 1.41. The predicted octanol–water partition coefficient (Wildman–Crippen LogP) is 1.86. The monoisotopic (exact) mass is 201 g/mol. The van der Waals surface area contributed by atoms with E-state index in [4.69, 9.17) is 4.43 Å². The molecule has 1 aliphatic rings. The van der Waals surface area contributed by atoms with E-state index in [-0.39, 0.29) is 0 Å². The van der Waals surface area contributed by atoms with Gasteiger partial charge in [-0.15, -0.1) is 0 Å². The molecule has 0 radical (unpaired) electrons. The molecule has 0 aromatic heterocycles. The SMILES string of the molecule is CCC(CN(C)C)[SiH]1CCCCO1. The van der Waals surface area contributed by atoms with E-state index in [0.29, 0.717) is 0 Å². The molecule has 1 heterocycles. The molecule has 78 valence electrons. The van der Waals surface area contributed by atoms with E-state index in [1.165, 1.54) is 31.9 Å². The van der Waals surface area contributed by atoms with Crippen molar-refractivity contribution >= 4 is 9.04 Å². The fourth-order valence-electron chi connectivity index (χ4n) is 2.12. The second-order valence-corrected chi connectivity index (χ2v) is 7.27. The Morgan fingerprint density at radius 1 is 1.38 bits per heavy atom. The van der Waals surface area contributed by atoms with Gasteiger partial charge in [0.05, 0.1) is 0 Å². The number of hydrogen-bond acceptors (Lipinski definition) is 2. The zero-order valence-corrected chi connectivity index (χ0v) is 10.4. The fraction of sp³-hybridized carbons (Fsp3) is 1.00. The van der Waals surface area contributed by atoms with Gasteiger partial charge in [-0.1, -0.05) is 19.8 Å². The lowest BCUT2D eigenvalue weighted by atomic mass is 10.3. The van der Waals surface area contributed by atoms with Crippen molar-refractivity contribution in [3.8, 4) is 0 Å². The van der Waals surface area contributed by atoms with Crippen molar-refractivity contribution in [2.45, 2.75) is 37.8 Å². The summed E-state index contributed by atoms with van der Waals surface area (Å²) in [5, 5.41) is 0. The van der Waals surface area contributed by atoms with Crippen molar-refractivity contribution < 1.29 is 4.43 Å². The molecule has 0 spiro atoms. The molecule has 1 fully saturated rings. The lowest BCUT2D eigenvalue weighted by Gasteiger charge is -2.30. The van der Waals surface area contributed by atoms with E-state index in [0.717, 1.165) is 12.1 Å². The van der Waals surface area contributed by atoms with E-state index >= 15 is 0 Å². The van der Waals surface area contributed by atoms with Crippen LogP contribution in [0.4, 0.5) is 0 Å². The van der Waals surface area contributed by atoms with Gasteiger partial charge in [0.15, 0.2) is 9.04 Å². The minimum absolute atomic E-state index is 0.839. The molecule has 2 nitrogen and oxygen atoms in total. The highest BCUT2D eigenvalue weighted by Gasteiger charge is 2.25. The van der Waals surface area contributed by atoms with Gasteiger partial charge in [-0.05, 0) is 38.6 Å². The minimum Gasteiger partial charge on any atom is -0.420 e. The topological polar surface area (TPSA) is 12.5 Å². The number of hydrogen-bond donors (Lipinski definition) is 0. The first kappa shape index (κ1) is 11.2. The van der Waals surface area contributed by atoms with E-state index in [1.807, 2.05) is 0 Å². The van der Waals surface area contributed by atoms with Crippen LogP contribution in [-0.2, 0) is 4.43 Å². The molecular weight excluding hydrogens is 178 g/mol. The Hall–Kier alpha value is 0.137. The van der Waals surface area contributed by atoms with Crippen molar-refractivity contribution in [2.75, 3.05) is 27.2 Å². The number of nitrogens with zero attached hydrogens (tertiary/aromatic N) is 1. The summed E-state index contributed by atoms with van der Waals surface area (Å²) in [5.41, 5.74) is 0.871. The van der Waals surface area contributed by atoms with Crippen molar-refractivity contribution in [3.63, 3.8) is 0 Å². The van der Waals surface area contributed by atoms with E-state index < -0.39 is 9.04 Å². The van der Waals surface area contributed by atoms with Crippen LogP contribution in [0.15, 0.2) is 0 Å². The van der Waals surface area contributed by atoms with Crippen LogP contribution in [0.3, 0.4) is 0 Å². The van der Waals surface area contributed by atoms with Crippen molar-refractivity contribution in [3.05, 3.63) is 0 Å². The first-order valence-electron chi connectivity index (χ1n) is 5.50. The molecule has 2 atom stereocenters. The highest BCUT2D eigenvalue weighted by Crippen LogP contribution is 2.24. The van der Waals surface area contributed by atoms with Crippen LogP contribution in [0, 0.1) is 0 Å². The molecule has 0 aliphatic carbocycles. The molecule has 1 saturated heterocycles. The summed E-state index contributed by atoms with van der Waals surface area (Å²) in [5.74, 6) is 0. The molecule has 2 unspecified atom stereocenters.